The fraction of sp³-hybridized carbons (Fsp3) is 0.692. The summed E-state index contributed by atoms with van der Waals surface area (Å²) < 4.78 is 1.78. The van der Waals surface area contributed by atoms with Crippen molar-refractivity contribution in [3.05, 3.63) is 19.8 Å². The lowest BCUT2D eigenvalue weighted by atomic mass is 9.66. The van der Waals surface area contributed by atoms with E-state index in [2.05, 4.69) is 35.8 Å². The van der Waals surface area contributed by atoms with Gasteiger partial charge in [-0.05, 0) is 46.2 Å². The molecule has 2 unspecified atom stereocenters. The molecule has 0 radical (unpaired) electrons. The highest BCUT2D eigenvalue weighted by molar-refractivity contribution is 9.10. The van der Waals surface area contributed by atoms with E-state index in [1.807, 2.05) is 0 Å². The fourth-order valence-corrected chi connectivity index (χ4v) is 4.72. The average molecular weight is 337 g/mol. The summed E-state index contributed by atoms with van der Waals surface area (Å²) in [6.45, 7) is 4.70. The van der Waals surface area contributed by atoms with Gasteiger partial charge in [-0.1, -0.05) is 38.3 Å². The van der Waals surface area contributed by atoms with E-state index in [0.717, 1.165) is 8.81 Å². The van der Waals surface area contributed by atoms with Gasteiger partial charge in [-0.2, -0.15) is 0 Å². The third-order valence-electron chi connectivity index (χ3n) is 4.02. The van der Waals surface area contributed by atoms with Gasteiger partial charge in [0.1, 0.15) is 4.34 Å². The van der Waals surface area contributed by atoms with Crippen LogP contribution in [0.5, 0.6) is 0 Å². The van der Waals surface area contributed by atoms with Crippen molar-refractivity contribution in [2.24, 2.45) is 17.1 Å². The van der Waals surface area contributed by atoms with E-state index in [-0.39, 0.29) is 6.04 Å². The summed E-state index contributed by atoms with van der Waals surface area (Å²) >= 11 is 11.2. The quantitative estimate of drug-likeness (QED) is 0.771. The molecule has 96 valence electrons. The monoisotopic (exact) mass is 335 g/mol. The molecule has 2 atom stereocenters. The first-order valence-electron chi connectivity index (χ1n) is 6.12. The zero-order chi connectivity index (χ0) is 12.6. The second kappa shape index (κ2) is 5.20. The lowest BCUT2D eigenvalue weighted by Gasteiger charge is -2.41. The van der Waals surface area contributed by atoms with Gasteiger partial charge in [-0.25, -0.2) is 0 Å². The largest absolute Gasteiger partial charge is 0.323 e. The van der Waals surface area contributed by atoms with E-state index in [4.69, 9.17) is 17.3 Å². The minimum Gasteiger partial charge on any atom is -0.323 e. The van der Waals surface area contributed by atoms with Crippen LogP contribution in [0.15, 0.2) is 10.5 Å². The van der Waals surface area contributed by atoms with Crippen LogP contribution in [0.2, 0.25) is 4.34 Å². The van der Waals surface area contributed by atoms with Gasteiger partial charge >= 0.3 is 0 Å². The molecular weight excluding hydrogens is 318 g/mol. The Hall–Kier alpha value is 0.430. The van der Waals surface area contributed by atoms with Gasteiger partial charge < -0.3 is 5.73 Å². The fourth-order valence-electron chi connectivity index (χ4n) is 2.91. The molecule has 0 aromatic carbocycles. The van der Waals surface area contributed by atoms with Crippen LogP contribution in [0.1, 0.15) is 50.4 Å². The first-order valence-corrected chi connectivity index (χ1v) is 8.11. The summed E-state index contributed by atoms with van der Waals surface area (Å²) in [5.74, 6) is 0.567. The van der Waals surface area contributed by atoms with Crippen molar-refractivity contribution in [1.29, 1.82) is 0 Å². The molecule has 1 fully saturated rings. The molecule has 2 N–H and O–H groups in total. The lowest BCUT2D eigenvalue weighted by Crippen LogP contribution is -2.35. The van der Waals surface area contributed by atoms with E-state index >= 15 is 0 Å². The summed E-state index contributed by atoms with van der Waals surface area (Å²) in [4.78, 5) is 1.21. The minimum atomic E-state index is 0.124. The second-order valence-corrected chi connectivity index (χ2v) is 8.18. The Kier molecular flexibility index (Phi) is 4.24. The zero-order valence-electron chi connectivity index (χ0n) is 10.3. The van der Waals surface area contributed by atoms with E-state index in [0.29, 0.717) is 11.3 Å². The molecule has 1 aromatic heterocycles. The maximum Gasteiger partial charge on any atom is 0.107 e. The lowest BCUT2D eigenvalue weighted by molar-refractivity contribution is 0.114. The number of halogens is 2. The second-order valence-electron chi connectivity index (χ2n) is 5.64. The first-order chi connectivity index (χ1) is 7.92. The molecule has 17 heavy (non-hydrogen) atoms. The highest BCUT2D eigenvalue weighted by Gasteiger charge is 2.37. The molecule has 0 bridgehead atoms. The normalized spacial score (nSPS) is 25.8. The average Bonchev–Trinajstić information content (AvgIpc) is 2.58. The van der Waals surface area contributed by atoms with Crippen molar-refractivity contribution in [2.45, 2.75) is 45.6 Å². The molecule has 1 aromatic rings. The van der Waals surface area contributed by atoms with Gasteiger partial charge in [0.05, 0.1) is 0 Å². The van der Waals surface area contributed by atoms with Crippen molar-refractivity contribution < 1.29 is 0 Å². The number of hydrogen-bond acceptors (Lipinski definition) is 2. The third-order valence-corrected chi connectivity index (χ3v) is 6.59. The molecule has 1 nitrogen and oxygen atoms in total. The molecule has 0 aliphatic heterocycles. The van der Waals surface area contributed by atoms with Gasteiger partial charge in [0, 0.05) is 15.4 Å². The smallest absolute Gasteiger partial charge is 0.107 e. The van der Waals surface area contributed by atoms with Crippen molar-refractivity contribution in [3.63, 3.8) is 0 Å². The highest BCUT2D eigenvalue weighted by atomic mass is 79.9. The molecule has 1 saturated carbocycles. The van der Waals surface area contributed by atoms with Gasteiger partial charge in [0.15, 0.2) is 0 Å². The van der Waals surface area contributed by atoms with Crippen molar-refractivity contribution in [2.75, 3.05) is 0 Å². The standard InChI is InChI=1S/C13H19BrClNS/c1-13(2)6-4-3-5-8(13)11(16)10-7-9(14)12(15)17-10/h7-8,11H,3-6,16H2,1-2H3. The molecule has 0 saturated heterocycles. The van der Waals surface area contributed by atoms with E-state index < -0.39 is 0 Å². The molecule has 2 rings (SSSR count). The maximum absolute atomic E-state index is 6.46. The van der Waals surface area contributed by atoms with Crippen LogP contribution in [-0.2, 0) is 0 Å². The first kappa shape index (κ1) is 13.9. The molecule has 1 aliphatic rings. The Morgan fingerprint density at radius 2 is 2.24 bits per heavy atom. The highest BCUT2D eigenvalue weighted by Crippen LogP contribution is 2.48. The van der Waals surface area contributed by atoms with E-state index in [1.54, 1.807) is 11.3 Å². The molecule has 0 amide bonds. The van der Waals surface area contributed by atoms with Crippen LogP contribution < -0.4 is 5.73 Å². The number of rotatable bonds is 2. The number of hydrogen-bond donors (Lipinski definition) is 1. The Labute approximate surface area is 121 Å². The number of thiophene rings is 1. The van der Waals surface area contributed by atoms with Gasteiger partial charge in [-0.3, -0.25) is 0 Å². The third kappa shape index (κ3) is 2.89. The molecule has 0 spiro atoms. The Morgan fingerprint density at radius 1 is 1.53 bits per heavy atom. The molecule has 1 heterocycles. The maximum atomic E-state index is 6.46. The van der Waals surface area contributed by atoms with Crippen molar-refractivity contribution in [3.8, 4) is 0 Å². The van der Waals surface area contributed by atoms with E-state index in [1.165, 1.54) is 30.6 Å². The Balaban J connectivity index is 2.21. The number of nitrogens with two attached hydrogens (primary N) is 1. The predicted molar refractivity (Wildman–Crippen MR) is 79.7 cm³/mol. The molecule has 1 aliphatic carbocycles. The van der Waals surface area contributed by atoms with Gasteiger partial charge in [-0.15, -0.1) is 11.3 Å². The van der Waals surface area contributed by atoms with Crippen molar-refractivity contribution in [1.82, 2.24) is 0 Å². The van der Waals surface area contributed by atoms with Gasteiger partial charge in [0.2, 0.25) is 0 Å². The van der Waals surface area contributed by atoms with Crippen LogP contribution in [0, 0.1) is 11.3 Å². The summed E-state index contributed by atoms with van der Waals surface area (Å²) in [5.41, 5.74) is 6.81. The summed E-state index contributed by atoms with van der Waals surface area (Å²) in [5, 5.41) is 0. The van der Waals surface area contributed by atoms with Crippen LogP contribution in [0.3, 0.4) is 0 Å². The van der Waals surface area contributed by atoms with Crippen LogP contribution in [0.4, 0.5) is 0 Å². The zero-order valence-corrected chi connectivity index (χ0v) is 13.5. The molecular formula is C13H19BrClNS. The molecule has 4 heteroatoms. The van der Waals surface area contributed by atoms with Gasteiger partial charge in [0.25, 0.3) is 0 Å². The van der Waals surface area contributed by atoms with Crippen LogP contribution in [0.25, 0.3) is 0 Å². The Bertz CT molecular complexity index is 383. The van der Waals surface area contributed by atoms with Crippen LogP contribution in [-0.4, -0.2) is 0 Å². The minimum absolute atomic E-state index is 0.124. The summed E-state index contributed by atoms with van der Waals surface area (Å²) in [6.07, 6.45) is 5.17. The summed E-state index contributed by atoms with van der Waals surface area (Å²) in [6, 6.07) is 2.21. The van der Waals surface area contributed by atoms with Crippen LogP contribution >= 0.6 is 38.9 Å². The predicted octanol–water partition coefficient (Wildman–Crippen LogP) is 5.38. The topological polar surface area (TPSA) is 26.0 Å². The Morgan fingerprint density at radius 3 is 2.76 bits per heavy atom. The summed E-state index contributed by atoms with van der Waals surface area (Å²) in [7, 11) is 0. The van der Waals surface area contributed by atoms with E-state index in [9.17, 15) is 0 Å². The van der Waals surface area contributed by atoms with Crippen molar-refractivity contribution >= 4 is 38.9 Å². The SMILES string of the molecule is CC1(C)CCCCC1C(N)c1cc(Br)c(Cl)s1.